The molecule has 0 aromatic carbocycles. The molecule has 2 aliphatic carbocycles. The van der Waals surface area contributed by atoms with Gasteiger partial charge in [-0.1, -0.05) is 11.6 Å². The molecule has 2 aliphatic rings. The van der Waals surface area contributed by atoms with Gasteiger partial charge in [0.05, 0.1) is 0 Å². The van der Waals surface area contributed by atoms with Crippen LogP contribution in [0.1, 0.15) is 30.9 Å². The number of hydrogen-bond acceptors (Lipinski definition) is 3. The first-order valence-electron chi connectivity index (χ1n) is 4.69. The lowest BCUT2D eigenvalue weighted by Crippen LogP contribution is -1.87. The number of anilines is 1. The smallest absolute Gasteiger partial charge is 0.181 e. The van der Waals surface area contributed by atoms with Crippen molar-refractivity contribution in [2.75, 3.05) is 5.73 Å². The van der Waals surface area contributed by atoms with Crippen LogP contribution >= 0.6 is 15.9 Å². The highest BCUT2D eigenvalue weighted by molar-refractivity contribution is 9.10. The van der Waals surface area contributed by atoms with Gasteiger partial charge in [0, 0.05) is 5.92 Å². The van der Waals surface area contributed by atoms with Crippen LogP contribution < -0.4 is 5.73 Å². The van der Waals surface area contributed by atoms with Crippen molar-refractivity contribution in [2.45, 2.75) is 25.2 Å². The van der Waals surface area contributed by atoms with Crippen LogP contribution in [-0.2, 0) is 0 Å². The fourth-order valence-corrected chi connectivity index (χ4v) is 3.13. The average Bonchev–Trinajstić information content (AvgIpc) is 2.49. The molecular weight excluding hydrogens is 232 g/mol. The van der Waals surface area contributed by atoms with Gasteiger partial charge in [-0.3, -0.25) is 0 Å². The van der Waals surface area contributed by atoms with Crippen LogP contribution in [0.5, 0.6) is 0 Å². The molecule has 4 heteroatoms. The lowest BCUT2D eigenvalue weighted by atomic mass is 10.1. The van der Waals surface area contributed by atoms with Crippen LogP contribution in [0.25, 0.3) is 0 Å². The summed E-state index contributed by atoms with van der Waals surface area (Å²) in [6, 6.07) is 0. The Hall–Kier alpha value is -0.510. The fraction of sp³-hybridized carbons (Fsp3) is 0.667. The number of aromatic nitrogens is 1. The number of fused-ring (bicyclic) bond motifs is 1. The Labute approximate surface area is 84.8 Å². The Morgan fingerprint density at radius 1 is 1.38 bits per heavy atom. The van der Waals surface area contributed by atoms with Crippen LogP contribution in [-0.4, -0.2) is 5.16 Å². The van der Waals surface area contributed by atoms with Crippen LogP contribution in [0.15, 0.2) is 9.00 Å². The summed E-state index contributed by atoms with van der Waals surface area (Å²) in [5, 5.41) is 3.76. The van der Waals surface area contributed by atoms with Gasteiger partial charge in [0.1, 0.15) is 4.47 Å². The molecule has 2 unspecified atom stereocenters. The first-order chi connectivity index (χ1) is 6.29. The number of hydrogen-bond donors (Lipinski definition) is 1. The molecule has 3 nitrogen and oxygen atoms in total. The molecule has 0 amide bonds. The molecule has 2 fully saturated rings. The minimum Gasteiger partial charge on any atom is -0.380 e. The monoisotopic (exact) mass is 242 g/mol. The van der Waals surface area contributed by atoms with Gasteiger partial charge in [0.15, 0.2) is 11.6 Å². The molecule has 2 saturated carbocycles. The lowest BCUT2D eigenvalue weighted by Gasteiger charge is -1.97. The zero-order chi connectivity index (χ0) is 9.00. The molecule has 0 aliphatic heterocycles. The third-order valence-electron chi connectivity index (χ3n) is 3.39. The predicted molar refractivity (Wildman–Crippen MR) is 52.2 cm³/mol. The second-order valence-electron chi connectivity index (χ2n) is 4.03. The summed E-state index contributed by atoms with van der Waals surface area (Å²) < 4.78 is 6.11. The molecular formula is C9H11BrN2O. The molecule has 2 atom stereocenters. The maximum absolute atomic E-state index is 5.60. The van der Waals surface area contributed by atoms with Crippen LogP contribution in [0.4, 0.5) is 5.82 Å². The topological polar surface area (TPSA) is 52.0 Å². The highest BCUT2D eigenvalue weighted by atomic mass is 79.9. The first-order valence-corrected chi connectivity index (χ1v) is 5.49. The van der Waals surface area contributed by atoms with E-state index in [-0.39, 0.29) is 0 Å². The number of rotatable bonds is 1. The number of nitrogen functional groups attached to an aromatic ring is 1. The Balaban J connectivity index is 1.91. The number of nitrogens with zero attached hydrogens (tertiary/aromatic N) is 1. The summed E-state index contributed by atoms with van der Waals surface area (Å²) in [7, 11) is 0. The van der Waals surface area contributed by atoms with Crippen molar-refractivity contribution in [1.82, 2.24) is 5.16 Å². The van der Waals surface area contributed by atoms with Crippen LogP contribution in [0.3, 0.4) is 0 Å². The SMILES string of the molecule is Nc1noc(C2C3CCCC32)c1Br. The molecule has 0 bridgehead atoms. The molecule has 0 radical (unpaired) electrons. The zero-order valence-electron chi connectivity index (χ0n) is 7.16. The third kappa shape index (κ3) is 0.980. The second-order valence-corrected chi connectivity index (χ2v) is 4.82. The molecule has 3 rings (SSSR count). The largest absolute Gasteiger partial charge is 0.380 e. The van der Waals surface area contributed by atoms with Crippen molar-refractivity contribution in [2.24, 2.45) is 11.8 Å². The quantitative estimate of drug-likeness (QED) is 0.824. The molecule has 0 saturated heterocycles. The van der Waals surface area contributed by atoms with E-state index in [1.54, 1.807) is 0 Å². The van der Waals surface area contributed by atoms with Crippen LogP contribution in [0.2, 0.25) is 0 Å². The van der Waals surface area contributed by atoms with Gasteiger partial charge in [-0.25, -0.2) is 0 Å². The summed E-state index contributed by atoms with van der Waals surface area (Å²) in [5.74, 6) is 3.77. The minimum atomic E-state index is 0.486. The number of halogens is 1. The third-order valence-corrected chi connectivity index (χ3v) is 4.19. The summed E-state index contributed by atoms with van der Waals surface area (Å²) >= 11 is 3.42. The maximum Gasteiger partial charge on any atom is 0.181 e. The summed E-state index contributed by atoms with van der Waals surface area (Å²) in [4.78, 5) is 0. The van der Waals surface area contributed by atoms with Gasteiger partial charge in [-0.2, -0.15) is 0 Å². The van der Waals surface area contributed by atoms with E-state index in [2.05, 4.69) is 21.1 Å². The first kappa shape index (κ1) is 7.85. The minimum absolute atomic E-state index is 0.486. The Morgan fingerprint density at radius 2 is 2.08 bits per heavy atom. The van der Waals surface area contributed by atoms with E-state index in [1.165, 1.54) is 19.3 Å². The normalized spacial score (nSPS) is 36.2. The number of nitrogens with two attached hydrogens (primary N) is 1. The molecule has 0 spiro atoms. The predicted octanol–water partition coefficient (Wildman–Crippen LogP) is 2.53. The van der Waals surface area contributed by atoms with Gasteiger partial charge in [-0.05, 0) is 40.6 Å². The lowest BCUT2D eigenvalue weighted by molar-refractivity contribution is 0.374. The Morgan fingerprint density at radius 3 is 2.62 bits per heavy atom. The molecule has 2 N–H and O–H groups in total. The molecule has 70 valence electrons. The summed E-state index contributed by atoms with van der Waals surface area (Å²) in [6.07, 6.45) is 4.08. The fourth-order valence-electron chi connectivity index (χ4n) is 2.72. The zero-order valence-corrected chi connectivity index (χ0v) is 8.75. The Bertz CT molecular complexity index is 339. The maximum atomic E-state index is 5.60. The summed E-state index contributed by atoms with van der Waals surface area (Å²) in [5.41, 5.74) is 5.60. The van der Waals surface area contributed by atoms with E-state index in [0.717, 1.165) is 22.1 Å². The van der Waals surface area contributed by atoms with E-state index in [9.17, 15) is 0 Å². The van der Waals surface area contributed by atoms with Crippen molar-refractivity contribution >= 4 is 21.7 Å². The van der Waals surface area contributed by atoms with Gasteiger partial charge >= 0.3 is 0 Å². The van der Waals surface area contributed by atoms with Crippen molar-refractivity contribution in [1.29, 1.82) is 0 Å². The highest BCUT2D eigenvalue weighted by Crippen LogP contribution is 2.64. The van der Waals surface area contributed by atoms with E-state index in [0.29, 0.717) is 11.7 Å². The van der Waals surface area contributed by atoms with Crippen molar-refractivity contribution in [3.05, 3.63) is 10.2 Å². The molecule has 13 heavy (non-hydrogen) atoms. The van der Waals surface area contributed by atoms with E-state index in [4.69, 9.17) is 10.3 Å². The van der Waals surface area contributed by atoms with Crippen molar-refractivity contribution in [3.8, 4) is 0 Å². The summed E-state index contributed by atoms with van der Waals surface area (Å²) in [6.45, 7) is 0. The van der Waals surface area contributed by atoms with Gasteiger partial charge in [0.2, 0.25) is 0 Å². The van der Waals surface area contributed by atoms with Gasteiger partial charge in [0.25, 0.3) is 0 Å². The Kier molecular flexibility index (Phi) is 1.51. The van der Waals surface area contributed by atoms with Crippen molar-refractivity contribution in [3.63, 3.8) is 0 Å². The molecule has 1 aromatic rings. The van der Waals surface area contributed by atoms with E-state index < -0.39 is 0 Å². The van der Waals surface area contributed by atoms with Crippen LogP contribution in [0, 0.1) is 11.8 Å². The highest BCUT2D eigenvalue weighted by Gasteiger charge is 2.56. The van der Waals surface area contributed by atoms with E-state index in [1.807, 2.05) is 0 Å². The standard InChI is InChI=1S/C9H11BrN2O/c10-7-8(13-12-9(7)11)6-4-2-1-3-5(4)6/h4-6H,1-3H2,(H2,11,12). The molecule has 1 aromatic heterocycles. The van der Waals surface area contributed by atoms with E-state index >= 15 is 0 Å². The van der Waals surface area contributed by atoms with Crippen molar-refractivity contribution < 1.29 is 4.52 Å². The van der Waals surface area contributed by atoms with Gasteiger partial charge in [-0.15, -0.1) is 0 Å². The average molecular weight is 243 g/mol. The second kappa shape index (κ2) is 2.50. The van der Waals surface area contributed by atoms with Gasteiger partial charge < -0.3 is 10.3 Å². The molecule has 1 heterocycles.